The molecular formula is C16H23FN2O2. The van der Waals surface area contributed by atoms with Crippen molar-refractivity contribution in [3.05, 3.63) is 29.6 Å². The van der Waals surface area contributed by atoms with E-state index in [2.05, 4.69) is 17.6 Å². The van der Waals surface area contributed by atoms with Crippen molar-refractivity contribution >= 4 is 5.91 Å². The van der Waals surface area contributed by atoms with E-state index in [1.165, 1.54) is 19.2 Å². The number of amides is 1. The molecule has 1 saturated carbocycles. The molecule has 21 heavy (non-hydrogen) atoms. The van der Waals surface area contributed by atoms with Crippen molar-refractivity contribution in [3.63, 3.8) is 0 Å². The molecule has 0 aromatic heterocycles. The van der Waals surface area contributed by atoms with Crippen LogP contribution in [0, 0.1) is 5.82 Å². The maximum absolute atomic E-state index is 13.9. The van der Waals surface area contributed by atoms with Gasteiger partial charge in [-0.15, -0.1) is 0 Å². The Hall–Kier alpha value is -1.62. The third-order valence-electron chi connectivity index (χ3n) is 3.98. The largest absolute Gasteiger partial charge is 0.496 e. The molecule has 1 aromatic carbocycles. The molecule has 0 radical (unpaired) electrons. The van der Waals surface area contributed by atoms with Crippen LogP contribution >= 0.6 is 0 Å². The number of carbonyl (C=O) groups excluding carboxylic acids is 1. The van der Waals surface area contributed by atoms with Crippen molar-refractivity contribution in [2.45, 2.75) is 44.7 Å². The van der Waals surface area contributed by atoms with Gasteiger partial charge in [0.25, 0.3) is 5.91 Å². The summed E-state index contributed by atoms with van der Waals surface area (Å²) in [4.78, 5) is 12.3. The number of ether oxygens (including phenoxy) is 1. The van der Waals surface area contributed by atoms with Gasteiger partial charge in [-0.3, -0.25) is 4.79 Å². The first kappa shape index (κ1) is 15.8. The fraction of sp³-hybridized carbons (Fsp3) is 0.562. The summed E-state index contributed by atoms with van der Waals surface area (Å²) in [5, 5.41) is 6.35. The molecule has 0 unspecified atom stereocenters. The topological polar surface area (TPSA) is 50.4 Å². The molecule has 1 aliphatic carbocycles. The number of methoxy groups -OCH3 is 1. The van der Waals surface area contributed by atoms with E-state index >= 15 is 0 Å². The van der Waals surface area contributed by atoms with E-state index in [0.717, 1.165) is 32.2 Å². The molecule has 5 heteroatoms. The molecule has 0 aliphatic heterocycles. The normalized spacial score (nSPS) is 21.9. The SMILES string of the molecule is CCNC1CCC(NC(=O)c2c(F)cccc2OC)CC1. The quantitative estimate of drug-likeness (QED) is 0.877. The van der Waals surface area contributed by atoms with E-state index in [1.54, 1.807) is 6.07 Å². The Bertz CT molecular complexity index is 485. The van der Waals surface area contributed by atoms with Gasteiger partial charge in [-0.05, 0) is 44.4 Å². The Morgan fingerprint density at radius 1 is 1.29 bits per heavy atom. The highest BCUT2D eigenvalue weighted by atomic mass is 19.1. The lowest BCUT2D eigenvalue weighted by atomic mass is 9.91. The zero-order chi connectivity index (χ0) is 15.2. The Morgan fingerprint density at radius 2 is 1.95 bits per heavy atom. The molecule has 0 bridgehead atoms. The molecule has 1 aliphatic rings. The Balaban J connectivity index is 1.97. The van der Waals surface area contributed by atoms with E-state index in [9.17, 15) is 9.18 Å². The maximum atomic E-state index is 13.9. The second-order valence-electron chi connectivity index (χ2n) is 5.40. The molecular weight excluding hydrogens is 271 g/mol. The molecule has 2 rings (SSSR count). The summed E-state index contributed by atoms with van der Waals surface area (Å²) in [6, 6.07) is 5.05. The van der Waals surface area contributed by atoms with Crippen LogP contribution in [0.3, 0.4) is 0 Å². The molecule has 0 saturated heterocycles. The van der Waals surface area contributed by atoms with E-state index in [0.29, 0.717) is 6.04 Å². The summed E-state index contributed by atoms with van der Waals surface area (Å²) >= 11 is 0. The first-order valence-corrected chi connectivity index (χ1v) is 7.52. The fourth-order valence-electron chi connectivity index (χ4n) is 2.88. The second kappa shape index (κ2) is 7.41. The van der Waals surface area contributed by atoms with Crippen LogP contribution in [0.15, 0.2) is 18.2 Å². The highest BCUT2D eigenvalue weighted by Gasteiger charge is 2.24. The summed E-state index contributed by atoms with van der Waals surface area (Å²) in [7, 11) is 1.44. The Kier molecular flexibility index (Phi) is 5.56. The van der Waals surface area contributed by atoms with Gasteiger partial charge in [0.2, 0.25) is 0 Å². The van der Waals surface area contributed by atoms with Crippen LogP contribution in [0.4, 0.5) is 4.39 Å². The summed E-state index contributed by atoms with van der Waals surface area (Å²) in [5.41, 5.74) is -0.00573. The predicted octanol–water partition coefficient (Wildman–Crippen LogP) is 2.48. The zero-order valence-corrected chi connectivity index (χ0v) is 12.6. The molecule has 2 N–H and O–H groups in total. The number of rotatable bonds is 5. The van der Waals surface area contributed by atoms with Gasteiger partial charge in [0.1, 0.15) is 17.1 Å². The van der Waals surface area contributed by atoms with Gasteiger partial charge in [0.15, 0.2) is 0 Å². The number of nitrogens with one attached hydrogen (secondary N) is 2. The lowest BCUT2D eigenvalue weighted by Gasteiger charge is -2.29. The first-order chi connectivity index (χ1) is 10.2. The minimum atomic E-state index is -0.548. The lowest BCUT2D eigenvalue weighted by molar-refractivity contribution is 0.0917. The number of hydrogen-bond donors (Lipinski definition) is 2. The van der Waals surface area contributed by atoms with Crippen LogP contribution in [0.1, 0.15) is 43.0 Å². The summed E-state index contributed by atoms with van der Waals surface area (Å²) in [5.74, 6) is -0.668. The van der Waals surface area contributed by atoms with Gasteiger partial charge >= 0.3 is 0 Å². The van der Waals surface area contributed by atoms with E-state index < -0.39 is 11.7 Å². The van der Waals surface area contributed by atoms with Crippen LogP contribution in [0.2, 0.25) is 0 Å². The van der Waals surface area contributed by atoms with Crippen LogP contribution in [-0.4, -0.2) is 31.6 Å². The first-order valence-electron chi connectivity index (χ1n) is 7.52. The van der Waals surface area contributed by atoms with Gasteiger partial charge in [0.05, 0.1) is 7.11 Å². The van der Waals surface area contributed by atoms with Gasteiger partial charge in [-0.25, -0.2) is 4.39 Å². The lowest BCUT2D eigenvalue weighted by Crippen LogP contribution is -2.42. The van der Waals surface area contributed by atoms with Crippen LogP contribution < -0.4 is 15.4 Å². The molecule has 4 nitrogen and oxygen atoms in total. The van der Waals surface area contributed by atoms with Crippen LogP contribution in [0.25, 0.3) is 0 Å². The molecule has 1 aromatic rings. The Labute approximate surface area is 125 Å². The van der Waals surface area contributed by atoms with Crippen molar-refractivity contribution < 1.29 is 13.9 Å². The second-order valence-corrected chi connectivity index (χ2v) is 5.40. The fourth-order valence-corrected chi connectivity index (χ4v) is 2.88. The van der Waals surface area contributed by atoms with Crippen LogP contribution in [-0.2, 0) is 0 Å². The molecule has 1 fully saturated rings. The minimum absolute atomic E-state index is 0.00573. The molecule has 0 heterocycles. The molecule has 116 valence electrons. The predicted molar refractivity (Wildman–Crippen MR) is 80.1 cm³/mol. The number of benzene rings is 1. The van der Waals surface area contributed by atoms with E-state index in [-0.39, 0.29) is 17.4 Å². The van der Waals surface area contributed by atoms with E-state index in [1.807, 2.05) is 0 Å². The van der Waals surface area contributed by atoms with Crippen molar-refractivity contribution in [3.8, 4) is 5.75 Å². The number of hydrogen-bond acceptors (Lipinski definition) is 3. The average molecular weight is 294 g/mol. The monoisotopic (exact) mass is 294 g/mol. The van der Waals surface area contributed by atoms with Gasteiger partial charge in [-0.1, -0.05) is 13.0 Å². The zero-order valence-electron chi connectivity index (χ0n) is 12.6. The van der Waals surface area contributed by atoms with Crippen molar-refractivity contribution in [1.29, 1.82) is 0 Å². The van der Waals surface area contributed by atoms with Gasteiger partial charge in [0, 0.05) is 12.1 Å². The van der Waals surface area contributed by atoms with Crippen molar-refractivity contribution in [2.24, 2.45) is 0 Å². The summed E-state index contributed by atoms with van der Waals surface area (Å²) in [6.07, 6.45) is 3.90. The molecule has 0 spiro atoms. The van der Waals surface area contributed by atoms with Crippen LogP contribution in [0.5, 0.6) is 5.75 Å². The summed E-state index contributed by atoms with van der Waals surface area (Å²) < 4.78 is 18.9. The standard InChI is InChI=1S/C16H23FN2O2/c1-3-18-11-7-9-12(10-8-11)19-16(20)15-13(17)5-4-6-14(15)21-2/h4-6,11-12,18H,3,7-10H2,1-2H3,(H,19,20). The average Bonchev–Trinajstić information content (AvgIpc) is 2.49. The van der Waals surface area contributed by atoms with Crippen molar-refractivity contribution in [1.82, 2.24) is 10.6 Å². The number of halogens is 1. The smallest absolute Gasteiger partial charge is 0.258 e. The highest BCUT2D eigenvalue weighted by molar-refractivity contribution is 5.97. The molecule has 0 atom stereocenters. The van der Waals surface area contributed by atoms with Gasteiger partial charge < -0.3 is 15.4 Å². The third-order valence-corrected chi connectivity index (χ3v) is 3.98. The minimum Gasteiger partial charge on any atom is -0.496 e. The molecule has 1 amide bonds. The highest BCUT2D eigenvalue weighted by Crippen LogP contribution is 2.23. The summed E-state index contributed by atoms with van der Waals surface area (Å²) in [6.45, 7) is 3.06. The maximum Gasteiger partial charge on any atom is 0.258 e. The van der Waals surface area contributed by atoms with Crippen molar-refractivity contribution in [2.75, 3.05) is 13.7 Å². The Morgan fingerprint density at radius 3 is 2.57 bits per heavy atom. The third kappa shape index (κ3) is 3.94. The van der Waals surface area contributed by atoms with Gasteiger partial charge in [-0.2, -0.15) is 0 Å². The van der Waals surface area contributed by atoms with E-state index in [4.69, 9.17) is 4.74 Å². The number of carbonyl (C=O) groups is 1.